The van der Waals surface area contributed by atoms with Gasteiger partial charge in [-0.1, -0.05) is 5.16 Å². The number of benzene rings is 1. The summed E-state index contributed by atoms with van der Waals surface area (Å²) >= 11 is 0. The minimum atomic E-state index is 0.231. The van der Waals surface area contributed by atoms with Gasteiger partial charge >= 0.3 is 5.95 Å². The van der Waals surface area contributed by atoms with E-state index in [0.717, 1.165) is 42.2 Å². The molecule has 162 valence electrons. The summed E-state index contributed by atoms with van der Waals surface area (Å²) < 4.78 is 21.7. The lowest BCUT2D eigenvalue weighted by atomic mass is 10.2. The van der Waals surface area contributed by atoms with E-state index in [4.69, 9.17) is 18.7 Å². The van der Waals surface area contributed by atoms with Crippen molar-refractivity contribution in [3.8, 4) is 11.7 Å². The van der Waals surface area contributed by atoms with Gasteiger partial charge in [-0.3, -0.25) is 0 Å². The summed E-state index contributed by atoms with van der Waals surface area (Å²) in [5, 5.41) is 3.76. The van der Waals surface area contributed by atoms with Crippen molar-refractivity contribution in [2.45, 2.75) is 39.2 Å². The number of hydrogen-bond donors (Lipinski definition) is 0. The van der Waals surface area contributed by atoms with E-state index in [1.54, 1.807) is 6.07 Å². The molecule has 0 saturated carbocycles. The summed E-state index contributed by atoms with van der Waals surface area (Å²) in [4.78, 5) is 4.46. The summed E-state index contributed by atoms with van der Waals surface area (Å²) in [6.45, 7) is 5.74. The lowest BCUT2D eigenvalue weighted by molar-refractivity contribution is 0.217. The molecule has 0 bridgehead atoms. The van der Waals surface area contributed by atoms with Crippen LogP contribution in [0.2, 0.25) is 0 Å². The van der Waals surface area contributed by atoms with Gasteiger partial charge in [0, 0.05) is 18.1 Å². The normalized spacial score (nSPS) is 14.5. The van der Waals surface area contributed by atoms with Crippen LogP contribution >= 0.6 is 0 Å². The number of hydrogen-bond acceptors (Lipinski definition) is 6. The van der Waals surface area contributed by atoms with Gasteiger partial charge in [0.1, 0.15) is 12.4 Å². The molecule has 2 heterocycles. The van der Waals surface area contributed by atoms with Gasteiger partial charge in [-0.05, 0) is 75.3 Å². The number of aromatic nitrogens is 1. The predicted octanol–water partition coefficient (Wildman–Crippen LogP) is 5.20. The third kappa shape index (κ3) is 8.06. The first-order valence-corrected chi connectivity index (χ1v) is 10.5. The van der Waals surface area contributed by atoms with Crippen LogP contribution in [-0.4, -0.2) is 36.9 Å². The molecule has 1 aromatic heterocycles. The van der Waals surface area contributed by atoms with E-state index in [1.165, 1.54) is 0 Å². The molecule has 0 N–H and O–H groups in total. The Balaban J connectivity index is 1.25. The number of ether oxygens (including phenoxy) is 3. The van der Waals surface area contributed by atoms with Crippen LogP contribution in [0.4, 0.5) is 0 Å². The minimum Gasteiger partial charge on any atom is -0.494 e. The quantitative estimate of drug-likeness (QED) is 0.284. The van der Waals surface area contributed by atoms with Gasteiger partial charge in [0.15, 0.2) is 0 Å². The van der Waals surface area contributed by atoms with Gasteiger partial charge in [-0.15, -0.1) is 11.5 Å². The van der Waals surface area contributed by atoms with Crippen LogP contribution in [-0.2, 0) is 4.74 Å². The number of unbranched alkanes of at least 4 members (excludes halogenated alkanes) is 1. The molecule has 3 rings (SSSR count). The lowest BCUT2D eigenvalue weighted by Gasteiger charge is -2.06. The second-order valence-electron chi connectivity index (χ2n) is 7.11. The van der Waals surface area contributed by atoms with E-state index in [2.05, 4.69) is 21.6 Å². The zero-order chi connectivity index (χ0) is 21.7. The van der Waals surface area contributed by atoms with Gasteiger partial charge in [-0.2, -0.15) is 0 Å². The van der Waals surface area contributed by atoms with Crippen molar-refractivity contribution < 1.29 is 18.7 Å². The van der Waals surface area contributed by atoms with Crippen molar-refractivity contribution in [3.05, 3.63) is 77.4 Å². The molecule has 1 aliphatic rings. The molecular formula is C25H28N2O4. The van der Waals surface area contributed by atoms with Gasteiger partial charge in [0.05, 0.1) is 24.9 Å². The third-order valence-corrected chi connectivity index (χ3v) is 4.29. The largest absolute Gasteiger partial charge is 0.494 e. The molecule has 0 unspecified atom stereocenters. The summed E-state index contributed by atoms with van der Waals surface area (Å²) in [6, 6.07) is 9.86. The Morgan fingerprint density at radius 3 is 2.52 bits per heavy atom. The molecule has 31 heavy (non-hydrogen) atoms. The zero-order valence-electron chi connectivity index (χ0n) is 18.0. The molecule has 0 aliphatic carbocycles. The van der Waals surface area contributed by atoms with Crippen molar-refractivity contribution in [2.75, 3.05) is 19.8 Å². The Morgan fingerprint density at radius 1 is 1.06 bits per heavy atom. The van der Waals surface area contributed by atoms with Crippen LogP contribution in [0.5, 0.6) is 11.7 Å². The van der Waals surface area contributed by atoms with E-state index in [1.807, 2.05) is 62.4 Å². The number of nitrogens with zero attached hydrogens (tertiary/aromatic N) is 2. The van der Waals surface area contributed by atoms with E-state index in [-0.39, 0.29) is 6.04 Å². The average molecular weight is 421 g/mol. The molecule has 0 fully saturated rings. The molecule has 0 amide bonds. The standard InChI is InChI=1S/C25H28N2O4/c1-20-18-24(31-27-20)29-17-11-9-7-5-3-4-6-8-10-16-28-23-14-12-22(13-15-23)25-26-21(2)19-30-25/h3,5-6,9,12-15,18,21H,8,10-11,16-17,19H2,1-2H3/t4?,7?,21-/m0/s1. The van der Waals surface area contributed by atoms with Crippen LogP contribution in [0.25, 0.3) is 0 Å². The highest BCUT2D eigenvalue weighted by atomic mass is 16.6. The SMILES string of the molecule is Cc1cc(OCCC=C=CC=C=CCCCOc2ccc(C3=N[C@@H](C)CO3)cc2)on1. The molecule has 6 nitrogen and oxygen atoms in total. The van der Waals surface area contributed by atoms with Crippen molar-refractivity contribution >= 4 is 5.90 Å². The first-order valence-electron chi connectivity index (χ1n) is 10.5. The van der Waals surface area contributed by atoms with Crippen molar-refractivity contribution in [1.29, 1.82) is 0 Å². The van der Waals surface area contributed by atoms with Crippen molar-refractivity contribution in [1.82, 2.24) is 5.16 Å². The summed E-state index contributed by atoms with van der Waals surface area (Å²) in [6.07, 6.45) is 10.1. The Kier molecular flexibility index (Phi) is 8.81. The number of aliphatic imine (C=N–C) groups is 1. The Morgan fingerprint density at radius 2 is 1.84 bits per heavy atom. The number of aryl methyl sites for hydroxylation is 1. The third-order valence-electron chi connectivity index (χ3n) is 4.29. The van der Waals surface area contributed by atoms with Gasteiger partial charge in [-0.25, -0.2) is 4.99 Å². The molecular weight excluding hydrogens is 392 g/mol. The van der Waals surface area contributed by atoms with Crippen LogP contribution in [0, 0.1) is 6.92 Å². The average Bonchev–Trinajstić information content (AvgIpc) is 3.40. The van der Waals surface area contributed by atoms with Crippen molar-refractivity contribution in [2.24, 2.45) is 4.99 Å². The highest BCUT2D eigenvalue weighted by Crippen LogP contribution is 2.17. The smallest absolute Gasteiger partial charge is 0.311 e. The maximum atomic E-state index is 5.77. The summed E-state index contributed by atoms with van der Waals surface area (Å²) in [7, 11) is 0. The Labute approximate surface area is 183 Å². The second-order valence-corrected chi connectivity index (χ2v) is 7.11. The fourth-order valence-electron chi connectivity index (χ4n) is 2.73. The Bertz CT molecular complexity index is 975. The van der Waals surface area contributed by atoms with E-state index >= 15 is 0 Å². The van der Waals surface area contributed by atoms with Gasteiger partial charge in [0.25, 0.3) is 0 Å². The van der Waals surface area contributed by atoms with Crippen molar-refractivity contribution in [3.63, 3.8) is 0 Å². The first kappa shape index (κ1) is 22.2. The highest BCUT2D eigenvalue weighted by Gasteiger charge is 2.15. The van der Waals surface area contributed by atoms with Gasteiger partial charge in [0.2, 0.25) is 5.90 Å². The maximum Gasteiger partial charge on any atom is 0.311 e. The predicted molar refractivity (Wildman–Crippen MR) is 120 cm³/mol. The fraction of sp³-hybridized carbons (Fsp3) is 0.360. The molecule has 0 saturated heterocycles. The van der Waals surface area contributed by atoms with Crippen LogP contribution < -0.4 is 9.47 Å². The monoisotopic (exact) mass is 420 g/mol. The number of allylic oxidation sites excluding steroid dienone is 1. The summed E-state index contributed by atoms with van der Waals surface area (Å²) in [5.74, 6) is 2.02. The van der Waals surface area contributed by atoms with E-state index in [9.17, 15) is 0 Å². The van der Waals surface area contributed by atoms with E-state index < -0.39 is 0 Å². The Hall–Kier alpha value is -3.46. The topological polar surface area (TPSA) is 66.1 Å². The fourth-order valence-corrected chi connectivity index (χ4v) is 2.73. The second kappa shape index (κ2) is 12.3. The van der Waals surface area contributed by atoms with Crippen LogP contribution in [0.15, 0.2) is 75.6 Å². The van der Waals surface area contributed by atoms with Gasteiger partial charge < -0.3 is 18.7 Å². The maximum absolute atomic E-state index is 5.77. The van der Waals surface area contributed by atoms with E-state index in [0.29, 0.717) is 25.8 Å². The summed E-state index contributed by atoms with van der Waals surface area (Å²) in [5.41, 5.74) is 7.99. The number of rotatable bonds is 11. The molecule has 1 aliphatic heterocycles. The lowest BCUT2D eigenvalue weighted by Crippen LogP contribution is -2.02. The molecule has 2 aromatic rings. The highest BCUT2D eigenvalue weighted by molar-refractivity contribution is 5.95. The molecule has 6 heteroatoms. The molecule has 0 spiro atoms. The minimum absolute atomic E-state index is 0.231. The molecule has 1 atom stereocenters. The van der Waals surface area contributed by atoms with Crippen LogP contribution in [0.1, 0.15) is 37.4 Å². The molecule has 1 aromatic carbocycles. The first-order chi connectivity index (χ1) is 15.2. The zero-order valence-corrected chi connectivity index (χ0v) is 18.0. The van der Waals surface area contributed by atoms with Crippen LogP contribution in [0.3, 0.4) is 0 Å². The molecule has 0 radical (unpaired) electrons.